The average Bonchev–Trinajstić information content (AvgIpc) is 0.773. The van der Waals surface area contributed by atoms with E-state index in [1.54, 1.807) is 174 Å². The summed E-state index contributed by atoms with van der Waals surface area (Å²) in [7, 11) is 0. The quantitative estimate of drug-likeness (QED) is 0.0551. The molecular weight excluding hydrogens is 1550 g/mol. The molecule has 121 heavy (non-hydrogen) atoms. The predicted molar refractivity (Wildman–Crippen MR) is 468 cm³/mol. The first-order valence-corrected chi connectivity index (χ1v) is 38.4. The van der Waals surface area contributed by atoms with Gasteiger partial charge in [0.05, 0.1) is 95.6 Å². The van der Waals surface area contributed by atoms with E-state index in [2.05, 4.69) is 80.8 Å². The molecule has 14 aromatic rings. The highest BCUT2D eigenvalue weighted by atomic mass is 35.5. The number of hydrogen-bond acceptors (Lipinski definition) is 20. The average molecular weight is 1640 g/mol. The number of halogens is 1. The Kier molecular flexibility index (Phi) is 27.2. The third-order valence-corrected chi connectivity index (χ3v) is 18.3. The number of benzene rings is 8. The zero-order valence-corrected chi connectivity index (χ0v) is 68.9. The third-order valence-electron chi connectivity index (χ3n) is 18.0. The topological polar surface area (TPSA) is 378 Å². The van der Waals surface area contributed by atoms with Gasteiger partial charge in [0.2, 0.25) is 0 Å². The van der Waals surface area contributed by atoms with Crippen molar-refractivity contribution in [2.45, 2.75) is 118 Å². The lowest BCUT2D eigenvalue weighted by atomic mass is 10.1. The molecule has 4 atom stereocenters. The van der Waals surface area contributed by atoms with E-state index in [1.165, 1.54) is 43.1 Å². The van der Waals surface area contributed by atoms with Crippen molar-refractivity contribution in [2.75, 3.05) is 11.5 Å². The van der Waals surface area contributed by atoms with Crippen molar-refractivity contribution in [2.24, 2.45) is 0 Å². The number of hydrogen-bond donors (Lipinski definition) is 6. The van der Waals surface area contributed by atoms with Crippen molar-refractivity contribution in [3.63, 3.8) is 0 Å². The van der Waals surface area contributed by atoms with Crippen LogP contribution in [0.3, 0.4) is 0 Å². The van der Waals surface area contributed by atoms with E-state index < -0.39 is 59.4 Å². The fourth-order valence-electron chi connectivity index (χ4n) is 12.8. The van der Waals surface area contributed by atoms with Crippen molar-refractivity contribution < 1.29 is 28.7 Å². The number of ether oxygens (including phenoxy) is 2. The number of anilines is 2. The molecule has 6 aromatic heterocycles. The number of aromatic nitrogens is 12. The Balaban J connectivity index is 0.000000158. The second-order valence-electron chi connectivity index (χ2n) is 29.1. The van der Waals surface area contributed by atoms with Crippen molar-refractivity contribution in [1.82, 2.24) is 79.4 Å². The van der Waals surface area contributed by atoms with Gasteiger partial charge in [0.15, 0.2) is 23.0 Å². The van der Waals surface area contributed by atoms with Crippen LogP contribution in [-0.4, -0.2) is 93.3 Å². The number of nitrogens with two attached hydrogens (primary N) is 2. The summed E-state index contributed by atoms with van der Waals surface area (Å²) < 4.78 is 16.6. The molecule has 8 aromatic carbocycles. The number of carbonyl (C=O) groups excluding carboxylic acids is 4. The SMILES string of the molecule is C#Cc1cccc2nc([C@H](C)NC(=O)c3nccnc3N)n(-c3ccccc3)c(=O)c12.CC#Cc1cccc2nc([C@H](C)NC(=O)OC(C)(C)C)n(-c3ccccc3)c(=O)c12.CC#Cc1cccc2nc([C@H](C)NC(=O)c3nccnc3N)n(-c3ccccc3)c(=O)c12.C[C@H](NC(=O)OC(C)(C)C)c1nc2cccc(Cl)c2c(=O)n1-c1ccccc1. The van der Waals surface area contributed by atoms with Gasteiger partial charge in [-0.05, 0) is 180 Å². The molecule has 8 N–H and O–H groups in total. The minimum absolute atomic E-state index is 0.00151. The van der Waals surface area contributed by atoms with Gasteiger partial charge in [0.25, 0.3) is 34.1 Å². The Morgan fingerprint density at radius 3 is 0.959 bits per heavy atom. The molecule has 0 fully saturated rings. The second-order valence-corrected chi connectivity index (χ2v) is 29.5. The van der Waals surface area contributed by atoms with E-state index in [0.29, 0.717) is 111 Å². The van der Waals surface area contributed by atoms with E-state index >= 15 is 0 Å². The van der Waals surface area contributed by atoms with Crippen LogP contribution < -0.4 is 55.0 Å². The smallest absolute Gasteiger partial charge is 0.408 e. The fraction of sp³-hybridized carbons (Fsp3) is 0.196. The van der Waals surface area contributed by atoms with Gasteiger partial charge >= 0.3 is 12.2 Å². The summed E-state index contributed by atoms with van der Waals surface area (Å²) in [5, 5.41) is 13.0. The maximum atomic E-state index is 13.7. The van der Waals surface area contributed by atoms with Gasteiger partial charge < -0.3 is 42.2 Å². The summed E-state index contributed by atoms with van der Waals surface area (Å²) in [4.78, 5) is 139. The number of fused-ring (bicyclic) bond motifs is 4. The molecule has 29 heteroatoms. The highest BCUT2D eigenvalue weighted by Crippen LogP contribution is 2.28. The Labute approximate surface area is 700 Å². The molecule has 0 aliphatic rings. The van der Waals surface area contributed by atoms with Crippen LogP contribution >= 0.6 is 11.6 Å². The molecule has 0 radical (unpaired) electrons. The summed E-state index contributed by atoms with van der Waals surface area (Å²) in [6.45, 7) is 21.2. The van der Waals surface area contributed by atoms with Crippen molar-refractivity contribution in [3.05, 3.63) is 317 Å². The minimum Gasteiger partial charge on any atom is -0.444 e. The maximum Gasteiger partial charge on any atom is 0.408 e. The first-order valence-electron chi connectivity index (χ1n) is 38.1. The van der Waals surface area contributed by atoms with Gasteiger partial charge in [-0.1, -0.05) is 126 Å². The standard InChI is InChI=1S/C24H20N6O2.C24H25N3O3.C23H18N6O2.C21H22ClN3O3/c1-3-8-16-9-7-12-18-19(16)24(32)30(17-10-5-4-6-11-17)22(29-18)15(2)28-23(31)20-21(25)27-14-13-26-20;1-6-11-17-12-10-15-19-20(17)22(28)27(18-13-8-7-9-14-18)21(26-19)16(2)25-23(29)30-24(3,4)5;1-3-15-8-7-11-17-18(15)23(31)29(16-9-5-4-6-10-16)21(28-17)14(2)27-22(30)19-20(24)26-13-12-25-19;1-13(23-20(27)28-21(2,3)4)18-24-16-12-8-11-15(22)17(16)19(26)25(18)14-9-6-5-7-10-14/h4-7,9-15H,1-2H3,(H2,25,27)(H,28,31);7-10,12-16H,1-5H3,(H,25,29);1,4-14H,2H3,(H2,24,26)(H,27,30);5-13H,1-4H3,(H,23,27)/t15-;16-;14-;13-/m0000/s1. The van der Waals surface area contributed by atoms with Gasteiger partial charge in [0.1, 0.15) is 34.5 Å². The van der Waals surface area contributed by atoms with Crippen LogP contribution in [0.15, 0.2) is 238 Å². The Morgan fingerprint density at radius 1 is 0.388 bits per heavy atom. The number of alkyl carbamates (subject to hydrolysis) is 2. The molecule has 0 unspecified atom stereocenters. The third kappa shape index (κ3) is 20.3. The summed E-state index contributed by atoms with van der Waals surface area (Å²) in [6.07, 6.45) is 10.0. The lowest BCUT2D eigenvalue weighted by molar-refractivity contribution is 0.0493. The number of nitrogens with zero attached hydrogens (tertiary/aromatic N) is 12. The number of nitrogens with one attached hydrogen (secondary N) is 4. The fourth-order valence-corrected chi connectivity index (χ4v) is 13.1. The number of nitrogen functional groups attached to an aromatic ring is 2. The van der Waals surface area contributed by atoms with E-state index in [1.807, 2.05) is 103 Å². The molecule has 4 amide bonds. The zero-order valence-electron chi connectivity index (χ0n) is 68.2. The largest absolute Gasteiger partial charge is 0.444 e. The second kappa shape index (κ2) is 38.1. The van der Waals surface area contributed by atoms with Crippen LogP contribution in [0.1, 0.15) is 168 Å². The Bertz CT molecular complexity index is 6700. The number of terminal acetylenes is 1. The van der Waals surface area contributed by atoms with E-state index in [4.69, 9.17) is 48.9 Å². The number of para-hydroxylation sites is 4. The van der Waals surface area contributed by atoms with Crippen LogP contribution in [0.5, 0.6) is 0 Å². The first-order chi connectivity index (χ1) is 57.9. The molecule has 0 spiro atoms. The first kappa shape index (κ1) is 86.4. The van der Waals surface area contributed by atoms with Gasteiger partial charge in [0, 0.05) is 41.5 Å². The normalized spacial score (nSPS) is 11.9. The minimum atomic E-state index is -0.652. The molecule has 0 aliphatic carbocycles. The van der Waals surface area contributed by atoms with Crippen molar-refractivity contribution >= 4 is 90.8 Å². The highest BCUT2D eigenvalue weighted by molar-refractivity contribution is 6.35. The van der Waals surface area contributed by atoms with Gasteiger partial charge in [-0.25, -0.2) is 49.5 Å². The molecule has 0 saturated heterocycles. The van der Waals surface area contributed by atoms with Crippen molar-refractivity contribution in [3.8, 4) is 58.8 Å². The van der Waals surface area contributed by atoms with Crippen LogP contribution in [0.4, 0.5) is 21.2 Å². The number of amides is 4. The van der Waals surface area contributed by atoms with Gasteiger partial charge in [-0.15, -0.1) is 18.3 Å². The number of carbonyl (C=O) groups is 4. The van der Waals surface area contributed by atoms with Crippen LogP contribution in [0.25, 0.3) is 66.4 Å². The molecule has 0 bridgehead atoms. The molecule has 6 heterocycles. The summed E-state index contributed by atoms with van der Waals surface area (Å²) in [5.41, 5.74) is 15.3. The molecule has 28 nitrogen and oxygen atoms in total. The summed E-state index contributed by atoms with van der Waals surface area (Å²) in [6, 6.07) is 55.1. The Hall–Kier alpha value is -15.5. The van der Waals surface area contributed by atoms with Crippen molar-refractivity contribution in [1.29, 1.82) is 0 Å². The van der Waals surface area contributed by atoms with E-state index in [0.717, 1.165) is 0 Å². The monoisotopic (exact) mass is 1640 g/mol. The molecule has 0 saturated carbocycles. The maximum absolute atomic E-state index is 13.7. The van der Waals surface area contributed by atoms with Gasteiger partial charge in [-0.3, -0.25) is 47.0 Å². The van der Waals surface area contributed by atoms with Crippen LogP contribution in [-0.2, 0) is 9.47 Å². The molecule has 610 valence electrons. The lowest BCUT2D eigenvalue weighted by Crippen LogP contribution is -2.37. The zero-order chi connectivity index (χ0) is 87.0. The summed E-state index contributed by atoms with van der Waals surface area (Å²) in [5.74, 6) is 14.7. The van der Waals surface area contributed by atoms with Crippen LogP contribution in [0, 0.1) is 36.0 Å². The lowest BCUT2D eigenvalue weighted by Gasteiger charge is -2.23. The molecule has 14 rings (SSSR count). The van der Waals surface area contributed by atoms with E-state index in [9.17, 15) is 38.4 Å². The predicted octanol–water partition coefficient (Wildman–Crippen LogP) is 13.8. The highest BCUT2D eigenvalue weighted by Gasteiger charge is 2.29. The molecular formula is C92H85ClN18O10. The van der Waals surface area contributed by atoms with E-state index in [-0.39, 0.29) is 45.3 Å². The molecule has 0 aliphatic heterocycles. The van der Waals surface area contributed by atoms with Crippen LogP contribution in [0.2, 0.25) is 5.02 Å². The van der Waals surface area contributed by atoms with Gasteiger partial charge in [-0.2, -0.15) is 0 Å². The Morgan fingerprint density at radius 2 is 0.661 bits per heavy atom. The number of rotatable bonds is 14. The summed E-state index contributed by atoms with van der Waals surface area (Å²) >= 11 is 6.27.